The number of carbonyl (C=O) groups excluding carboxylic acids is 1. The molecule has 17 heavy (non-hydrogen) atoms. The smallest absolute Gasteiger partial charge is 0.235 e. The van der Waals surface area contributed by atoms with Crippen LogP contribution in [0, 0.1) is 5.82 Å². The van der Waals surface area contributed by atoms with E-state index in [1.165, 1.54) is 12.1 Å². The first-order valence-electron chi connectivity index (χ1n) is 5.36. The van der Waals surface area contributed by atoms with E-state index in [2.05, 4.69) is 4.99 Å². The maximum atomic E-state index is 13.4. The molecule has 90 valence electrons. The molecule has 1 fully saturated rings. The van der Waals surface area contributed by atoms with E-state index in [9.17, 15) is 14.3 Å². The predicted octanol–water partition coefficient (Wildman–Crippen LogP) is 3.29. The van der Waals surface area contributed by atoms with Gasteiger partial charge in [0.1, 0.15) is 5.54 Å². The van der Waals surface area contributed by atoms with Crippen molar-refractivity contribution in [3.8, 4) is 5.75 Å². The summed E-state index contributed by atoms with van der Waals surface area (Å²) in [5.74, 6) is -1.27. The molecule has 2 rings (SSSR count). The molecule has 1 saturated carbocycles. The maximum Gasteiger partial charge on any atom is 0.235 e. The van der Waals surface area contributed by atoms with E-state index in [-0.39, 0.29) is 10.6 Å². The average molecular weight is 256 g/mol. The van der Waals surface area contributed by atoms with Crippen molar-refractivity contribution in [2.75, 3.05) is 0 Å². The Morgan fingerprint density at radius 3 is 2.65 bits per heavy atom. The number of isocyanates is 1. The summed E-state index contributed by atoms with van der Waals surface area (Å²) in [4.78, 5) is 14.3. The normalized spacial score (nSPS) is 17.8. The number of phenolic OH excluding ortho intramolecular Hbond substituents is 1. The highest BCUT2D eigenvalue weighted by Gasteiger charge is 2.38. The Labute approximate surface area is 103 Å². The van der Waals surface area contributed by atoms with E-state index in [0.717, 1.165) is 18.9 Å². The van der Waals surface area contributed by atoms with Crippen LogP contribution in [0.4, 0.5) is 4.39 Å². The number of halogens is 2. The Bertz CT molecular complexity index is 492. The molecule has 1 aromatic rings. The molecule has 1 aliphatic rings. The molecule has 0 spiro atoms. The van der Waals surface area contributed by atoms with Gasteiger partial charge in [-0.25, -0.2) is 9.18 Å². The molecule has 0 atom stereocenters. The van der Waals surface area contributed by atoms with Crippen LogP contribution in [0.25, 0.3) is 0 Å². The molecule has 0 bridgehead atoms. The van der Waals surface area contributed by atoms with Gasteiger partial charge >= 0.3 is 0 Å². The molecule has 5 heteroatoms. The summed E-state index contributed by atoms with van der Waals surface area (Å²) in [5.41, 5.74) is -0.583. The average Bonchev–Trinajstić information content (AvgIpc) is 2.73. The lowest BCUT2D eigenvalue weighted by Gasteiger charge is -2.24. The zero-order chi connectivity index (χ0) is 12.5. The van der Waals surface area contributed by atoms with Crippen LogP contribution in [0.15, 0.2) is 17.1 Å². The van der Waals surface area contributed by atoms with E-state index in [1.807, 2.05) is 0 Å². The summed E-state index contributed by atoms with van der Waals surface area (Å²) in [6, 6.07) is 2.50. The van der Waals surface area contributed by atoms with Crippen LogP contribution < -0.4 is 0 Å². The number of hydrogen-bond donors (Lipinski definition) is 1. The van der Waals surface area contributed by atoms with Crippen LogP contribution in [0.1, 0.15) is 31.2 Å². The molecule has 0 aromatic heterocycles. The summed E-state index contributed by atoms with van der Waals surface area (Å²) in [5, 5.41) is 9.93. The molecule has 0 heterocycles. The van der Waals surface area contributed by atoms with Gasteiger partial charge in [-0.1, -0.05) is 24.4 Å². The SMILES string of the molecule is O=C=NC1(c2cc(Cl)cc(F)c2O)CCCC1. The third kappa shape index (κ3) is 2.06. The lowest BCUT2D eigenvalue weighted by Crippen LogP contribution is -2.19. The minimum Gasteiger partial charge on any atom is -0.505 e. The second-order valence-electron chi connectivity index (χ2n) is 4.23. The molecule has 0 amide bonds. The van der Waals surface area contributed by atoms with E-state index in [0.29, 0.717) is 12.8 Å². The number of aromatic hydroxyl groups is 1. The van der Waals surface area contributed by atoms with Gasteiger partial charge in [0.2, 0.25) is 6.08 Å². The minimum atomic E-state index is -0.864. The molecule has 1 aliphatic carbocycles. The van der Waals surface area contributed by atoms with Crippen molar-refractivity contribution in [2.45, 2.75) is 31.2 Å². The summed E-state index contributed by atoms with van der Waals surface area (Å²) in [7, 11) is 0. The number of benzene rings is 1. The Hall–Kier alpha value is -1.38. The van der Waals surface area contributed by atoms with Gasteiger partial charge in [-0.05, 0) is 25.0 Å². The highest BCUT2D eigenvalue weighted by atomic mass is 35.5. The Morgan fingerprint density at radius 2 is 2.06 bits per heavy atom. The molecule has 3 nitrogen and oxygen atoms in total. The number of rotatable bonds is 2. The summed E-state index contributed by atoms with van der Waals surface area (Å²) < 4.78 is 13.4. The predicted molar refractivity (Wildman–Crippen MR) is 61.3 cm³/mol. The van der Waals surface area contributed by atoms with Crippen LogP contribution in [0.5, 0.6) is 5.75 Å². The van der Waals surface area contributed by atoms with Gasteiger partial charge in [-0.15, -0.1) is 0 Å². The largest absolute Gasteiger partial charge is 0.505 e. The van der Waals surface area contributed by atoms with Gasteiger partial charge in [0.25, 0.3) is 0 Å². The second kappa shape index (κ2) is 4.47. The van der Waals surface area contributed by atoms with Crippen LogP contribution in [-0.2, 0) is 10.3 Å². The molecule has 0 radical (unpaired) electrons. The quantitative estimate of drug-likeness (QED) is 0.651. The fraction of sp³-hybridized carbons (Fsp3) is 0.417. The second-order valence-corrected chi connectivity index (χ2v) is 4.66. The molecular weight excluding hydrogens is 245 g/mol. The van der Waals surface area contributed by atoms with Crippen LogP contribution in [0.3, 0.4) is 0 Å². The number of nitrogens with zero attached hydrogens (tertiary/aromatic N) is 1. The first kappa shape index (κ1) is 12.1. The maximum absolute atomic E-state index is 13.4. The van der Waals surface area contributed by atoms with Crippen LogP contribution >= 0.6 is 11.6 Å². The van der Waals surface area contributed by atoms with Crippen molar-refractivity contribution in [1.29, 1.82) is 0 Å². The summed E-state index contributed by atoms with van der Waals surface area (Å²) in [6.07, 6.45) is 4.45. The van der Waals surface area contributed by atoms with Crippen molar-refractivity contribution in [3.63, 3.8) is 0 Å². The monoisotopic (exact) mass is 255 g/mol. The van der Waals surface area contributed by atoms with Crippen molar-refractivity contribution >= 4 is 17.7 Å². The first-order valence-corrected chi connectivity index (χ1v) is 5.74. The van der Waals surface area contributed by atoms with E-state index >= 15 is 0 Å². The minimum absolute atomic E-state index is 0.183. The van der Waals surface area contributed by atoms with Gasteiger partial charge in [-0.2, -0.15) is 4.99 Å². The Kier molecular flexibility index (Phi) is 3.18. The third-order valence-corrected chi connectivity index (χ3v) is 3.44. The van der Waals surface area contributed by atoms with Crippen molar-refractivity contribution in [2.24, 2.45) is 4.99 Å². The number of aliphatic imine (C=N–C) groups is 1. The highest BCUT2D eigenvalue weighted by Crippen LogP contribution is 2.46. The highest BCUT2D eigenvalue weighted by molar-refractivity contribution is 6.30. The fourth-order valence-electron chi connectivity index (χ4n) is 2.41. The van der Waals surface area contributed by atoms with Crippen LogP contribution in [0.2, 0.25) is 5.02 Å². The fourth-order valence-corrected chi connectivity index (χ4v) is 2.61. The lowest BCUT2D eigenvalue weighted by molar-refractivity contribution is 0.385. The zero-order valence-electron chi connectivity index (χ0n) is 9.04. The Morgan fingerprint density at radius 1 is 1.41 bits per heavy atom. The molecule has 1 N–H and O–H groups in total. The summed E-state index contributed by atoms with van der Waals surface area (Å²) >= 11 is 5.77. The zero-order valence-corrected chi connectivity index (χ0v) is 9.80. The van der Waals surface area contributed by atoms with Gasteiger partial charge in [0.05, 0.1) is 0 Å². The van der Waals surface area contributed by atoms with Crippen molar-refractivity contribution in [1.82, 2.24) is 0 Å². The van der Waals surface area contributed by atoms with Crippen molar-refractivity contribution in [3.05, 3.63) is 28.5 Å². The van der Waals surface area contributed by atoms with Gasteiger partial charge in [0, 0.05) is 10.6 Å². The van der Waals surface area contributed by atoms with Crippen molar-refractivity contribution < 1.29 is 14.3 Å². The lowest BCUT2D eigenvalue weighted by atomic mass is 9.88. The van der Waals surface area contributed by atoms with Gasteiger partial charge in [0.15, 0.2) is 11.6 Å². The van der Waals surface area contributed by atoms with E-state index in [4.69, 9.17) is 11.6 Å². The molecule has 1 aromatic carbocycles. The van der Waals surface area contributed by atoms with E-state index in [1.54, 1.807) is 0 Å². The van der Waals surface area contributed by atoms with Gasteiger partial charge < -0.3 is 5.11 Å². The molecule has 0 saturated heterocycles. The Balaban J connectivity index is 2.61. The summed E-state index contributed by atoms with van der Waals surface area (Å²) in [6.45, 7) is 0. The molecule has 0 aliphatic heterocycles. The number of hydrogen-bond acceptors (Lipinski definition) is 3. The first-order chi connectivity index (χ1) is 8.09. The molecular formula is C12H11ClFNO2. The topological polar surface area (TPSA) is 49.7 Å². The molecule has 0 unspecified atom stereocenters. The third-order valence-electron chi connectivity index (χ3n) is 3.22. The standard InChI is InChI=1S/C12H11ClFNO2/c13-8-5-9(11(17)10(14)6-8)12(15-7-16)3-1-2-4-12/h5-6,17H,1-4H2. The number of phenols is 1. The van der Waals surface area contributed by atoms with E-state index < -0.39 is 17.1 Å². The van der Waals surface area contributed by atoms with Gasteiger partial charge in [-0.3, -0.25) is 0 Å². The van der Waals surface area contributed by atoms with Crippen LogP contribution in [-0.4, -0.2) is 11.2 Å².